The van der Waals surface area contributed by atoms with Gasteiger partial charge in [-0.1, -0.05) is 6.92 Å². The second-order valence-electron chi connectivity index (χ2n) is 8.32. The van der Waals surface area contributed by atoms with Crippen molar-refractivity contribution in [1.29, 1.82) is 0 Å². The molecule has 0 spiro atoms. The standard InChI is InChI=1S/C25H31N7O5/c1-5-36-19(33)10-9-18(24(35)37-6-2)30-23(34)15-7-8-17(28-11-15)13(3)16-12-29-22-20(14(16)4)21(26)31-25(27)32-22/h7-8,11-13,18H,5-6,9-10H2,1-4H3,(H,30,34)(H4,26,27,29,31,32)/t13?,18-/m0/s1. The Balaban J connectivity index is 1.77. The first-order chi connectivity index (χ1) is 17.7. The zero-order valence-corrected chi connectivity index (χ0v) is 21.3. The zero-order chi connectivity index (χ0) is 27.1. The normalized spacial score (nSPS) is 12.5. The van der Waals surface area contributed by atoms with Gasteiger partial charge in [-0.3, -0.25) is 14.6 Å². The minimum atomic E-state index is -0.997. The Morgan fingerprint density at radius 3 is 2.41 bits per heavy atom. The first-order valence-corrected chi connectivity index (χ1v) is 11.9. The van der Waals surface area contributed by atoms with Gasteiger partial charge in [-0.05, 0) is 50.5 Å². The summed E-state index contributed by atoms with van der Waals surface area (Å²) in [4.78, 5) is 53.9. The van der Waals surface area contributed by atoms with Crippen molar-refractivity contribution in [2.24, 2.45) is 0 Å². The molecule has 196 valence electrons. The molecule has 1 unspecified atom stereocenters. The fourth-order valence-electron chi connectivity index (χ4n) is 3.93. The van der Waals surface area contributed by atoms with Crippen molar-refractivity contribution in [3.8, 4) is 0 Å². The Labute approximate surface area is 214 Å². The maximum atomic E-state index is 12.8. The van der Waals surface area contributed by atoms with Crippen molar-refractivity contribution < 1.29 is 23.9 Å². The monoisotopic (exact) mass is 509 g/mol. The number of nitrogen functional groups attached to an aromatic ring is 2. The number of pyridine rings is 2. The van der Waals surface area contributed by atoms with Crippen LogP contribution in [0.4, 0.5) is 11.8 Å². The number of esters is 2. The van der Waals surface area contributed by atoms with Gasteiger partial charge in [0.25, 0.3) is 5.91 Å². The van der Waals surface area contributed by atoms with Gasteiger partial charge in [0, 0.05) is 30.4 Å². The van der Waals surface area contributed by atoms with Crippen LogP contribution < -0.4 is 16.8 Å². The first kappa shape index (κ1) is 27.2. The van der Waals surface area contributed by atoms with Crippen LogP contribution in [-0.4, -0.2) is 57.0 Å². The smallest absolute Gasteiger partial charge is 0.328 e. The summed E-state index contributed by atoms with van der Waals surface area (Å²) in [5.41, 5.74) is 14.8. The van der Waals surface area contributed by atoms with Crippen molar-refractivity contribution in [1.82, 2.24) is 25.3 Å². The second-order valence-corrected chi connectivity index (χ2v) is 8.32. The number of aryl methyl sites for hydroxylation is 1. The molecule has 12 nitrogen and oxygen atoms in total. The van der Waals surface area contributed by atoms with Gasteiger partial charge in [0.15, 0.2) is 5.65 Å². The second kappa shape index (κ2) is 12.1. The molecule has 0 saturated heterocycles. The summed E-state index contributed by atoms with van der Waals surface area (Å²) in [6, 6.07) is 2.34. The van der Waals surface area contributed by atoms with E-state index in [1.165, 1.54) is 6.20 Å². The van der Waals surface area contributed by atoms with Crippen molar-refractivity contribution >= 4 is 40.6 Å². The summed E-state index contributed by atoms with van der Waals surface area (Å²) >= 11 is 0. The van der Waals surface area contributed by atoms with E-state index in [1.54, 1.807) is 32.2 Å². The summed E-state index contributed by atoms with van der Waals surface area (Å²) in [5, 5.41) is 3.25. The highest BCUT2D eigenvalue weighted by molar-refractivity contribution is 5.96. The van der Waals surface area contributed by atoms with Gasteiger partial charge < -0.3 is 26.3 Å². The van der Waals surface area contributed by atoms with Crippen LogP contribution in [0.25, 0.3) is 11.0 Å². The number of hydrogen-bond donors (Lipinski definition) is 3. The van der Waals surface area contributed by atoms with Gasteiger partial charge in [0.2, 0.25) is 5.95 Å². The molecule has 37 heavy (non-hydrogen) atoms. The van der Waals surface area contributed by atoms with Gasteiger partial charge >= 0.3 is 11.9 Å². The third kappa shape index (κ3) is 6.46. The summed E-state index contributed by atoms with van der Waals surface area (Å²) < 4.78 is 9.94. The van der Waals surface area contributed by atoms with Gasteiger partial charge in [0.1, 0.15) is 11.9 Å². The van der Waals surface area contributed by atoms with Gasteiger partial charge in [-0.25, -0.2) is 9.78 Å². The quantitative estimate of drug-likeness (QED) is 0.340. The molecular weight excluding hydrogens is 478 g/mol. The average Bonchev–Trinajstić information content (AvgIpc) is 2.86. The summed E-state index contributed by atoms with van der Waals surface area (Å²) in [7, 11) is 0. The topological polar surface area (TPSA) is 185 Å². The fraction of sp³-hybridized carbons (Fsp3) is 0.400. The molecule has 0 saturated carbocycles. The van der Waals surface area contributed by atoms with Crippen LogP contribution in [0.15, 0.2) is 24.5 Å². The zero-order valence-electron chi connectivity index (χ0n) is 21.3. The Bertz CT molecular complexity index is 1300. The number of nitrogens with two attached hydrogens (primary N) is 2. The number of carbonyl (C=O) groups excluding carboxylic acids is 3. The lowest BCUT2D eigenvalue weighted by molar-refractivity contribution is -0.146. The molecule has 5 N–H and O–H groups in total. The Hall–Kier alpha value is -4.35. The van der Waals surface area contributed by atoms with Gasteiger partial charge in [-0.15, -0.1) is 0 Å². The van der Waals surface area contributed by atoms with Crippen LogP contribution in [0.5, 0.6) is 0 Å². The predicted octanol–water partition coefficient (Wildman–Crippen LogP) is 2.05. The van der Waals surface area contributed by atoms with Crippen molar-refractivity contribution in [3.63, 3.8) is 0 Å². The number of amides is 1. The number of nitrogens with zero attached hydrogens (tertiary/aromatic N) is 4. The fourth-order valence-corrected chi connectivity index (χ4v) is 3.93. The third-order valence-electron chi connectivity index (χ3n) is 5.85. The van der Waals surface area contributed by atoms with Gasteiger partial charge in [-0.2, -0.15) is 9.97 Å². The number of rotatable bonds is 10. The maximum absolute atomic E-state index is 12.8. The van der Waals surface area contributed by atoms with Crippen LogP contribution in [0, 0.1) is 6.92 Å². The van der Waals surface area contributed by atoms with Crippen LogP contribution in [0.3, 0.4) is 0 Å². The molecule has 0 aliphatic rings. The van der Waals surface area contributed by atoms with Crippen molar-refractivity contribution in [2.45, 2.75) is 52.5 Å². The Morgan fingerprint density at radius 1 is 1.03 bits per heavy atom. The van der Waals surface area contributed by atoms with E-state index in [1.807, 2.05) is 13.8 Å². The van der Waals surface area contributed by atoms with Crippen LogP contribution in [0.1, 0.15) is 66.7 Å². The summed E-state index contributed by atoms with van der Waals surface area (Å²) in [5.74, 6) is -1.47. The molecule has 3 aromatic heterocycles. The van der Waals surface area contributed by atoms with Crippen molar-refractivity contribution in [3.05, 3.63) is 46.9 Å². The van der Waals surface area contributed by atoms with Crippen LogP contribution >= 0.6 is 0 Å². The Morgan fingerprint density at radius 2 is 1.76 bits per heavy atom. The molecule has 0 aromatic carbocycles. The molecule has 1 amide bonds. The van der Waals surface area contributed by atoms with E-state index in [4.69, 9.17) is 20.9 Å². The number of hydrogen-bond acceptors (Lipinski definition) is 11. The maximum Gasteiger partial charge on any atom is 0.328 e. The lowest BCUT2D eigenvalue weighted by Gasteiger charge is -2.18. The summed E-state index contributed by atoms with van der Waals surface area (Å²) in [6.45, 7) is 7.59. The average molecular weight is 510 g/mol. The highest BCUT2D eigenvalue weighted by Gasteiger charge is 2.24. The number of fused-ring (bicyclic) bond motifs is 1. The van der Waals surface area contributed by atoms with E-state index in [9.17, 15) is 14.4 Å². The molecule has 2 atom stereocenters. The molecule has 0 bridgehead atoms. The molecule has 0 aliphatic carbocycles. The molecule has 0 radical (unpaired) electrons. The highest BCUT2D eigenvalue weighted by atomic mass is 16.5. The van der Waals surface area contributed by atoms with Crippen LogP contribution in [0.2, 0.25) is 0 Å². The van der Waals surface area contributed by atoms with E-state index >= 15 is 0 Å². The minimum Gasteiger partial charge on any atom is -0.466 e. The predicted molar refractivity (Wildman–Crippen MR) is 136 cm³/mol. The minimum absolute atomic E-state index is 0.0341. The molecule has 3 rings (SSSR count). The first-order valence-electron chi connectivity index (χ1n) is 11.9. The lowest BCUT2D eigenvalue weighted by atomic mass is 9.93. The Kier molecular flexibility index (Phi) is 8.88. The van der Waals surface area contributed by atoms with E-state index in [0.717, 1.165) is 11.1 Å². The van der Waals surface area contributed by atoms with E-state index in [-0.39, 0.29) is 49.3 Å². The number of nitrogens with one attached hydrogen (secondary N) is 1. The number of aromatic nitrogens is 4. The number of ether oxygens (including phenoxy) is 2. The molecule has 3 heterocycles. The van der Waals surface area contributed by atoms with E-state index in [2.05, 4.69) is 25.3 Å². The van der Waals surface area contributed by atoms with Crippen LogP contribution in [-0.2, 0) is 19.1 Å². The molecular formula is C25H31N7O5. The third-order valence-corrected chi connectivity index (χ3v) is 5.85. The van der Waals surface area contributed by atoms with E-state index < -0.39 is 23.9 Å². The largest absolute Gasteiger partial charge is 0.466 e. The number of anilines is 2. The SMILES string of the molecule is CCOC(=O)CC[C@H](NC(=O)c1ccc(C(C)c2cnc3nc(N)nc(N)c3c2C)nc1)C(=O)OCC. The summed E-state index contributed by atoms with van der Waals surface area (Å²) in [6.07, 6.45) is 3.15. The number of carbonyl (C=O) groups is 3. The lowest BCUT2D eigenvalue weighted by Crippen LogP contribution is -2.42. The van der Waals surface area contributed by atoms with E-state index in [0.29, 0.717) is 16.7 Å². The molecule has 3 aromatic rings. The van der Waals surface area contributed by atoms with Crippen molar-refractivity contribution in [2.75, 3.05) is 24.7 Å². The van der Waals surface area contributed by atoms with Gasteiger partial charge in [0.05, 0.1) is 24.2 Å². The molecule has 0 fully saturated rings. The molecule has 12 heteroatoms. The highest BCUT2D eigenvalue weighted by Crippen LogP contribution is 2.31. The molecule has 0 aliphatic heterocycles.